The van der Waals surface area contributed by atoms with Crippen molar-refractivity contribution in [3.8, 4) is 5.75 Å². The Kier molecular flexibility index (Phi) is 4.92. The Hall–Kier alpha value is -1.51. The summed E-state index contributed by atoms with van der Waals surface area (Å²) in [5.41, 5.74) is 3.77. The van der Waals surface area contributed by atoms with Crippen LogP contribution < -0.4 is 4.74 Å². The Morgan fingerprint density at radius 3 is 2.62 bits per heavy atom. The maximum absolute atomic E-state index is 6.00. The van der Waals surface area contributed by atoms with Crippen LogP contribution in [0.5, 0.6) is 5.75 Å². The minimum Gasteiger partial charge on any atom is -0.493 e. The second-order valence-corrected chi connectivity index (χ2v) is 6.73. The van der Waals surface area contributed by atoms with Crippen molar-refractivity contribution in [2.45, 2.75) is 47.0 Å². The number of hydrogen-bond acceptors (Lipinski definition) is 2. The molecular formula is C18H28N2O. The van der Waals surface area contributed by atoms with E-state index in [0.717, 1.165) is 42.1 Å². The van der Waals surface area contributed by atoms with E-state index >= 15 is 0 Å². The van der Waals surface area contributed by atoms with Crippen molar-refractivity contribution in [3.63, 3.8) is 0 Å². The van der Waals surface area contributed by atoms with Gasteiger partial charge in [-0.3, -0.25) is 0 Å². The number of ether oxygens (including phenoxy) is 1. The highest BCUT2D eigenvalue weighted by Gasteiger charge is 2.38. The van der Waals surface area contributed by atoms with Crippen LogP contribution in [0.3, 0.4) is 0 Å². The summed E-state index contributed by atoms with van der Waals surface area (Å²) >= 11 is 0. The van der Waals surface area contributed by atoms with Gasteiger partial charge in [0.25, 0.3) is 0 Å². The summed E-state index contributed by atoms with van der Waals surface area (Å²) in [6.07, 6.45) is 5.62. The average Bonchev–Trinajstić information content (AvgIpc) is 3.16. The first-order chi connectivity index (χ1) is 9.93. The van der Waals surface area contributed by atoms with Gasteiger partial charge in [0.05, 0.1) is 18.6 Å². The van der Waals surface area contributed by atoms with E-state index in [1.54, 1.807) is 0 Å². The number of benzene rings is 1. The molecule has 1 aliphatic rings. The quantitative estimate of drug-likeness (QED) is 0.545. The van der Waals surface area contributed by atoms with Crippen LogP contribution >= 0.6 is 0 Å². The molecule has 3 nitrogen and oxygen atoms in total. The Balaban J connectivity index is 2.05. The normalized spacial score (nSPS) is 16.2. The SMILES string of the molecule is CCCN(C)C=Nc1cc(C)c(OCC2(C)CC2)cc1C. The van der Waals surface area contributed by atoms with E-state index in [4.69, 9.17) is 4.74 Å². The number of aliphatic imine (C=N–C) groups is 1. The Bertz CT molecular complexity index is 518. The first-order valence-corrected chi connectivity index (χ1v) is 7.92. The summed E-state index contributed by atoms with van der Waals surface area (Å²) in [5.74, 6) is 1.00. The molecular weight excluding hydrogens is 260 g/mol. The minimum atomic E-state index is 0.417. The summed E-state index contributed by atoms with van der Waals surface area (Å²) < 4.78 is 6.00. The second-order valence-electron chi connectivity index (χ2n) is 6.73. The highest BCUT2D eigenvalue weighted by molar-refractivity contribution is 5.64. The molecule has 1 aromatic rings. The van der Waals surface area contributed by atoms with Gasteiger partial charge in [-0.05, 0) is 56.4 Å². The molecule has 0 radical (unpaired) electrons. The van der Waals surface area contributed by atoms with Gasteiger partial charge in [-0.2, -0.15) is 0 Å². The van der Waals surface area contributed by atoms with Gasteiger partial charge in [0.2, 0.25) is 0 Å². The van der Waals surface area contributed by atoms with Crippen molar-refractivity contribution in [2.75, 3.05) is 20.2 Å². The maximum atomic E-state index is 6.00. The predicted molar refractivity (Wildman–Crippen MR) is 89.8 cm³/mol. The molecule has 2 rings (SSSR count). The van der Waals surface area contributed by atoms with Crippen LogP contribution in [0.25, 0.3) is 0 Å². The molecule has 3 heteroatoms. The fraction of sp³-hybridized carbons (Fsp3) is 0.611. The van der Waals surface area contributed by atoms with Crippen LogP contribution in [0, 0.1) is 19.3 Å². The van der Waals surface area contributed by atoms with Gasteiger partial charge in [-0.1, -0.05) is 13.8 Å². The average molecular weight is 288 g/mol. The monoisotopic (exact) mass is 288 g/mol. The van der Waals surface area contributed by atoms with Crippen molar-refractivity contribution in [2.24, 2.45) is 10.4 Å². The van der Waals surface area contributed by atoms with Crippen molar-refractivity contribution < 1.29 is 4.74 Å². The molecule has 0 amide bonds. The Morgan fingerprint density at radius 2 is 2.00 bits per heavy atom. The lowest BCUT2D eigenvalue weighted by Gasteiger charge is -2.15. The summed E-state index contributed by atoms with van der Waals surface area (Å²) in [6.45, 7) is 10.5. The molecule has 116 valence electrons. The fourth-order valence-electron chi connectivity index (χ4n) is 2.25. The smallest absolute Gasteiger partial charge is 0.122 e. The molecule has 0 N–H and O–H groups in total. The zero-order valence-corrected chi connectivity index (χ0v) is 14.1. The molecule has 21 heavy (non-hydrogen) atoms. The predicted octanol–water partition coefficient (Wildman–Crippen LogP) is 4.48. The molecule has 0 aromatic heterocycles. The molecule has 1 aliphatic carbocycles. The van der Waals surface area contributed by atoms with E-state index in [-0.39, 0.29) is 0 Å². The van der Waals surface area contributed by atoms with Crippen molar-refractivity contribution >= 4 is 12.0 Å². The summed E-state index contributed by atoms with van der Waals surface area (Å²) in [6, 6.07) is 4.24. The van der Waals surface area contributed by atoms with Crippen LogP contribution in [0.1, 0.15) is 44.2 Å². The molecule has 1 aromatic carbocycles. The van der Waals surface area contributed by atoms with E-state index in [2.05, 4.69) is 56.8 Å². The van der Waals surface area contributed by atoms with Gasteiger partial charge >= 0.3 is 0 Å². The van der Waals surface area contributed by atoms with E-state index in [0.29, 0.717) is 5.41 Å². The van der Waals surface area contributed by atoms with E-state index in [1.807, 2.05) is 6.34 Å². The Labute approximate surface area is 129 Å². The first kappa shape index (κ1) is 15.9. The number of nitrogens with zero attached hydrogens (tertiary/aromatic N) is 2. The zero-order valence-electron chi connectivity index (χ0n) is 14.1. The van der Waals surface area contributed by atoms with Crippen LogP contribution in [-0.4, -0.2) is 31.4 Å². The standard InChI is InChI=1S/C18H28N2O/c1-6-9-20(5)13-19-16-10-15(3)17(11-14(16)2)21-12-18(4)7-8-18/h10-11,13H,6-9,12H2,1-5H3. The summed E-state index contributed by atoms with van der Waals surface area (Å²) in [4.78, 5) is 6.71. The summed E-state index contributed by atoms with van der Waals surface area (Å²) in [7, 11) is 2.06. The van der Waals surface area contributed by atoms with Gasteiger partial charge in [0.1, 0.15) is 5.75 Å². The summed E-state index contributed by atoms with van der Waals surface area (Å²) in [5, 5.41) is 0. The van der Waals surface area contributed by atoms with E-state index < -0.39 is 0 Å². The topological polar surface area (TPSA) is 24.8 Å². The van der Waals surface area contributed by atoms with Gasteiger partial charge in [0, 0.05) is 19.0 Å². The number of rotatable bonds is 7. The zero-order chi connectivity index (χ0) is 15.5. The van der Waals surface area contributed by atoms with Gasteiger partial charge < -0.3 is 9.64 Å². The highest BCUT2D eigenvalue weighted by atomic mass is 16.5. The lowest BCUT2D eigenvalue weighted by molar-refractivity contribution is 0.246. The third kappa shape index (κ3) is 4.48. The first-order valence-electron chi connectivity index (χ1n) is 7.92. The maximum Gasteiger partial charge on any atom is 0.122 e. The Morgan fingerprint density at radius 1 is 1.29 bits per heavy atom. The third-order valence-corrected chi connectivity index (χ3v) is 4.14. The van der Waals surface area contributed by atoms with Crippen LogP contribution in [0.2, 0.25) is 0 Å². The van der Waals surface area contributed by atoms with Crippen molar-refractivity contribution in [1.29, 1.82) is 0 Å². The largest absolute Gasteiger partial charge is 0.493 e. The number of hydrogen-bond donors (Lipinski definition) is 0. The minimum absolute atomic E-state index is 0.417. The molecule has 0 aliphatic heterocycles. The lowest BCUT2D eigenvalue weighted by Crippen LogP contribution is -2.16. The molecule has 0 atom stereocenters. The molecule has 0 spiro atoms. The third-order valence-electron chi connectivity index (χ3n) is 4.14. The van der Waals surface area contributed by atoms with Crippen LogP contribution in [0.4, 0.5) is 5.69 Å². The molecule has 0 heterocycles. The molecule has 1 fully saturated rings. The molecule has 0 unspecified atom stereocenters. The molecule has 0 bridgehead atoms. The second kappa shape index (κ2) is 6.50. The van der Waals surface area contributed by atoms with Gasteiger partial charge in [-0.15, -0.1) is 0 Å². The van der Waals surface area contributed by atoms with Crippen LogP contribution in [-0.2, 0) is 0 Å². The van der Waals surface area contributed by atoms with Crippen molar-refractivity contribution in [3.05, 3.63) is 23.3 Å². The molecule has 0 saturated heterocycles. The van der Waals surface area contributed by atoms with Gasteiger partial charge in [0.15, 0.2) is 0 Å². The van der Waals surface area contributed by atoms with Gasteiger partial charge in [-0.25, -0.2) is 4.99 Å². The fourth-order valence-corrected chi connectivity index (χ4v) is 2.25. The van der Waals surface area contributed by atoms with E-state index in [9.17, 15) is 0 Å². The number of aryl methyl sites for hydroxylation is 2. The van der Waals surface area contributed by atoms with Crippen molar-refractivity contribution in [1.82, 2.24) is 4.90 Å². The van der Waals surface area contributed by atoms with E-state index in [1.165, 1.54) is 12.8 Å². The highest BCUT2D eigenvalue weighted by Crippen LogP contribution is 2.45. The van der Waals surface area contributed by atoms with Crippen LogP contribution in [0.15, 0.2) is 17.1 Å². The lowest BCUT2D eigenvalue weighted by atomic mass is 10.1. The molecule has 1 saturated carbocycles.